The summed E-state index contributed by atoms with van der Waals surface area (Å²) in [7, 11) is 0. The molecule has 0 unspecified atom stereocenters. The molecule has 0 radical (unpaired) electrons. The number of hydrogen-bond donors (Lipinski definition) is 1. The number of cyclic esters (lactones) is 1. The van der Waals surface area contributed by atoms with Crippen molar-refractivity contribution in [1.29, 1.82) is 0 Å². The van der Waals surface area contributed by atoms with E-state index in [1.54, 1.807) is 0 Å². The topological polar surface area (TPSA) is 56.8 Å². The van der Waals surface area contributed by atoms with Crippen LogP contribution in [-0.2, 0) is 14.2 Å². The Balaban J connectivity index is 1.63. The van der Waals surface area contributed by atoms with Gasteiger partial charge in [0.05, 0.1) is 13.2 Å². The minimum absolute atomic E-state index is 0.108. The number of amides is 1. The molecule has 2 aliphatic rings. The van der Waals surface area contributed by atoms with Crippen molar-refractivity contribution in [3.05, 3.63) is 0 Å². The Hall–Kier alpha value is -0.810. The first-order chi connectivity index (χ1) is 6.84. The van der Waals surface area contributed by atoms with Crippen molar-refractivity contribution < 1.29 is 19.0 Å². The molecule has 2 fully saturated rings. The molecule has 5 heteroatoms. The van der Waals surface area contributed by atoms with E-state index in [-0.39, 0.29) is 18.5 Å². The number of carbonyl (C=O) groups is 1. The number of hydrogen-bond acceptors (Lipinski definition) is 4. The second kappa shape index (κ2) is 4.61. The van der Waals surface area contributed by atoms with Gasteiger partial charge in [0, 0.05) is 6.61 Å². The number of nitrogens with one attached hydrogen (secondary N) is 1. The van der Waals surface area contributed by atoms with Gasteiger partial charge in [0.15, 0.2) is 6.29 Å². The van der Waals surface area contributed by atoms with Gasteiger partial charge in [0.2, 0.25) is 0 Å². The van der Waals surface area contributed by atoms with Crippen molar-refractivity contribution in [1.82, 2.24) is 5.32 Å². The van der Waals surface area contributed by atoms with Crippen LogP contribution in [0.1, 0.15) is 19.3 Å². The van der Waals surface area contributed by atoms with Crippen molar-refractivity contribution in [2.75, 3.05) is 19.8 Å². The lowest BCUT2D eigenvalue weighted by atomic mass is 10.2. The predicted molar refractivity (Wildman–Crippen MR) is 47.8 cm³/mol. The van der Waals surface area contributed by atoms with Crippen LogP contribution in [-0.4, -0.2) is 38.2 Å². The van der Waals surface area contributed by atoms with E-state index in [1.165, 1.54) is 0 Å². The molecular weight excluding hydrogens is 186 g/mol. The highest BCUT2D eigenvalue weighted by Crippen LogP contribution is 2.14. The SMILES string of the molecule is O=C1NC[C@@H](CO[C@@H]2CCCCO2)O1. The van der Waals surface area contributed by atoms with Crippen LogP contribution in [0.4, 0.5) is 4.79 Å². The average Bonchev–Trinajstić information content (AvgIpc) is 2.63. The lowest BCUT2D eigenvalue weighted by Crippen LogP contribution is -2.28. The van der Waals surface area contributed by atoms with Crippen LogP contribution in [0, 0.1) is 0 Å². The van der Waals surface area contributed by atoms with E-state index in [4.69, 9.17) is 14.2 Å². The summed E-state index contributed by atoms with van der Waals surface area (Å²) < 4.78 is 15.8. The van der Waals surface area contributed by atoms with Crippen LogP contribution in [0.5, 0.6) is 0 Å². The Morgan fingerprint density at radius 3 is 3.07 bits per heavy atom. The molecule has 2 rings (SSSR count). The van der Waals surface area contributed by atoms with Crippen LogP contribution in [0.2, 0.25) is 0 Å². The van der Waals surface area contributed by atoms with Gasteiger partial charge >= 0.3 is 6.09 Å². The molecule has 0 bridgehead atoms. The highest BCUT2D eigenvalue weighted by Gasteiger charge is 2.24. The van der Waals surface area contributed by atoms with Gasteiger partial charge < -0.3 is 19.5 Å². The Morgan fingerprint density at radius 1 is 1.50 bits per heavy atom. The van der Waals surface area contributed by atoms with Crippen molar-refractivity contribution >= 4 is 6.09 Å². The van der Waals surface area contributed by atoms with Gasteiger partial charge in [-0.2, -0.15) is 0 Å². The highest BCUT2D eigenvalue weighted by molar-refractivity contribution is 5.69. The third-order valence-electron chi connectivity index (χ3n) is 2.35. The molecule has 2 saturated heterocycles. The van der Waals surface area contributed by atoms with Crippen LogP contribution >= 0.6 is 0 Å². The molecule has 2 aliphatic heterocycles. The van der Waals surface area contributed by atoms with Crippen LogP contribution in [0.15, 0.2) is 0 Å². The largest absolute Gasteiger partial charge is 0.442 e. The number of ether oxygens (including phenoxy) is 3. The van der Waals surface area contributed by atoms with E-state index >= 15 is 0 Å². The molecular formula is C9H15NO4. The van der Waals surface area contributed by atoms with E-state index in [9.17, 15) is 4.79 Å². The third kappa shape index (κ3) is 2.59. The molecule has 0 saturated carbocycles. The first-order valence-electron chi connectivity index (χ1n) is 5.02. The van der Waals surface area contributed by atoms with Crippen molar-refractivity contribution in [3.8, 4) is 0 Å². The van der Waals surface area contributed by atoms with Crippen LogP contribution in [0.3, 0.4) is 0 Å². The quantitative estimate of drug-likeness (QED) is 0.728. The smallest absolute Gasteiger partial charge is 0.407 e. The van der Waals surface area contributed by atoms with Crippen molar-refractivity contribution in [3.63, 3.8) is 0 Å². The fourth-order valence-electron chi connectivity index (χ4n) is 1.58. The summed E-state index contributed by atoms with van der Waals surface area (Å²) in [5.74, 6) is 0. The molecule has 0 spiro atoms. The number of carbonyl (C=O) groups excluding carboxylic acids is 1. The fraction of sp³-hybridized carbons (Fsp3) is 0.889. The van der Waals surface area contributed by atoms with Gasteiger partial charge in [0.1, 0.15) is 6.10 Å². The Labute approximate surface area is 82.7 Å². The maximum Gasteiger partial charge on any atom is 0.407 e. The average molecular weight is 201 g/mol. The maximum atomic E-state index is 10.7. The van der Waals surface area contributed by atoms with Crippen LogP contribution < -0.4 is 5.32 Å². The van der Waals surface area contributed by atoms with Gasteiger partial charge in [-0.15, -0.1) is 0 Å². The normalized spacial score (nSPS) is 32.4. The second-order valence-electron chi connectivity index (χ2n) is 3.54. The molecule has 0 aromatic rings. The maximum absolute atomic E-state index is 10.7. The summed E-state index contributed by atoms with van der Waals surface area (Å²) >= 11 is 0. The minimum atomic E-state index is -0.358. The molecule has 1 amide bonds. The summed E-state index contributed by atoms with van der Waals surface area (Å²) in [6.07, 6.45) is 2.57. The van der Waals surface area contributed by atoms with E-state index in [0.29, 0.717) is 13.2 Å². The van der Waals surface area contributed by atoms with Gasteiger partial charge in [-0.3, -0.25) is 0 Å². The molecule has 0 aromatic heterocycles. The molecule has 0 aliphatic carbocycles. The van der Waals surface area contributed by atoms with Gasteiger partial charge in [-0.05, 0) is 19.3 Å². The first kappa shape index (κ1) is 9.73. The molecule has 5 nitrogen and oxygen atoms in total. The number of rotatable bonds is 3. The summed E-state index contributed by atoms with van der Waals surface area (Å²) in [6, 6.07) is 0. The van der Waals surface area contributed by atoms with Crippen molar-refractivity contribution in [2.45, 2.75) is 31.7 Å². The summed E-state index contributed by atoms with van der Waals surface area (Å²) in [5, 5.41) is 2.58. The summed E-state index contributed by atoms with van der Waals surface area (Å²) in [6.45, 7) is 1.72. The molecule has 80 valence electrons. The van der Waals surface area contributed by atoms with E-state index < -0.39 is 0 Å². The van der Waals surface area contributed by atoms with E-state index in [0.717, 1.165) is 25.9 Å². The van der Waals surface area contributed by atoms with Gasteiger partial charge in [-0.1, -0.05) is 0 Å². The van der Waals surface area contributed by atoms with Gasteiger partial charge in [-0.25, -0.2) is 4.79 Å². The molecule has 2 heterocycles. The van der Waals surface area contributed by atoms with Gasteiger partial charge in [0.25, 0.3) is 0 Å². The molecule has 14 heavy (non-hydrogen) atoms. The monoisotopic (exact) mass is 201 g/mol. The molecule has 0 aromatic carbocycles. The second-order valence-corrected chi connectivity index (χ2v) is 3.54. The zero-order valence-electron chi connectivity index (χ0n) is 8.03. The number of alkyl carbamates (subject to hydrolysis) is 1. The van der Waals surface area contributed by atoms with E-state index in [2.05, 4.69) is 5.32 Å². The third-order valence-corrected chi connectivity index (χ3v) is 2.35. The lowest BCUT2D eigenvalue weighted by molar-refractivity contribution is -0.172. The standard InChI is InChI=1S/C9H15NO4/c11-9-10-5-7(14-9)6-13-8-3-1-2-4-12-8/h7-8H,1-6H2,(H,10,11)/t7-,8+/m0/s1. The first-order valence-corrected chi connectivity index (χ1v) is 5.02. The lowest BCUT2D eigenvalue weighted by Gasteiger charge is -2.23. The van der Waals surface area contributed by atoms with Crippen LogP contribution in [0.25, 0.3) is 0 Å². The zero-order chi connectivity index (χ0) is 9.80. The Bertz CT molecular complexity index is 203. The highest BCUT2D eigenvalue weighted by atomic mass is 16.7. The predicted octanol–water partition coefficient (Wildman–Crippen LogP) is 0.638. The molecule has 1 N–H and O–H groups in total. The fourth-order valence-corrected chi connectivity index (χ4v) is 1.58. The minimum Gasteiger partial charge on any atom is -0.442 e. The molecule has 2 atom stereocenters. The van der Waals surface area contributed by atoms with E-state index in [1.807, 2.05) is 0 Å². The summed E-state index contributed by atoms with van der Waals surface area (Å²) in [5.41, 5.74) is 0. The summed E-state index contributed by atoms with van der Waals surface area (Å²) in [4.78, 5) is 10.7. The zero-order valence-corrected chi connectivity index (χ0v) is 8.03. The van der Waals surface area contributed by atoms with Crippen molar-refractivity contribution in [2.24, 2.45) is 0 Å². The Morgan fingerprint density at radius 2 is 2.43 bits per heavy atom. The Kier molecular flexibility index (Phi) is 3.21.